The fourth-order valence-corrected chi connectivity index (χ4v) is 2.26. The van der Waals surface area contributed by atoms with E-state index in [-0.39, 0.29) is 6.04 Å². The molecule has 1 aromatic rings. The Morgan fingerprint density at radius 2 is 2.36 bits per heavy atom. The number of halogens is 2. The maximum atomic E-state index is 6.08. The summed E-state index contributed by atoms with van der Waals surface area (Å²) in [7, 11) is 0. The van der Waals surface area contributed by atoms with E-state index in [9.17, 15) is 0 Å². The second-order valence-electron chi connectivity index (χ2n) is 3.82. The van der Waals surface area contributed by atoms with E-state index in [0.29, 0.717) is 5.15 Å². The van der Waals surface area contributed by atoms with Crippen molar-refractivity contribution in [2.75, 3.05) is 0 Å². The Balaban J connectivity index is 2.15. The molecule has 76 valence electrons. The monoisotopic (exact) mass is 322 g/mol. The molecule has 0 aromatic carbocycles. The molecule has 0 amide bonds. The first-order chi connectivity index (χ1) is 6.66. The lowest BCUT2D eigenvalue weighted by molar-refractivity contribution is 0.595. The van der Waals surface area contributed by atoms with Crippen LogP contribution in [-0.4, -0.2) is 4.98 Å². The van der Waals surface area contributed by atoms with Crippen molar-refractivity contribution in [2.45, 2.75) is 25.3 Å². The Bertz CT molecular complexity index is 339. The molecule has 2 N–H and O–H groups in total. The number of rotatable bonds is 3. The van der Waals surface area contributed by atoms with Crippen LogP contribution in [0.4, 0.5) is 0 Å². The van der Waals surface area contributed by atoms with Gasteiger partial charge < -0.3 is 5.73 Å². The summed E-state index contributed by atoms with van der Waals surface area (Å²) in [6.07, 6.45) is 5.45. The van der Waals surface area contributed by atoms with Crippen LogP contribution in [0.1, 0.15) is 30.9 Å². The van der Waals surface area contributed by atoms with E-state index in [4.69, 9.17) is 17.3 Å². The van der Waals surface area contributed by atoms with Gasteiger partial charge in [-0.1, -0.05) is 24.4 Å². The van der Waals surface area contributed by atoms with Gasteiger partial charge in [-0.25, -0.2) is 4.98 Å². The van der Waals surface area contributed by atoms with Gasteiger partial charge in [0.15, 0.2) is 0 Å². The topological polar surface area (TPSA) is 38.9 Å². The lowest BCUT2D eigenvalue weighted by atomic mass is 10.0. The van der Waals surface area contributed by atoms with E-state index in [1.54, 1.807) is 6.20 Å². The highest BCUT2D eigenvalue weighted by atomic mass is 127. The molecule has 0 aliphatic heterocycles. The molecular weight excluding hydrogens is 310 g/mol. The van der Waals surface area contributed by atoms with Gasteiger partial charge in [-0.15, -0.1) is 0 Å². The molecule has 2 nitrogen and oxygen atoms in total. The summed E-state index contributed by atoms with van der Waals surface area (Å²) < 4.78 is 1.09. The number of nitrogens with two attached hydrogens (primary N) is 1. The molecule has 1 aliphatic rings. The van der Waals surface area contributed by atoms with E-state index in [0.717, 1.165) is 21.5 Å². The van der Waals surface area contributed by atoms with Crippen molar-refractivity contribution in [3.05, 3.63) is 26.5 Å². The zero-order valence-electron chi connectivity index (χ0n) is 7.71. The predicted octanol–water partition coefficient (Wildman–Crippen LogP) is 3.14. The van der Waals surface area contributed by atoms with Crippen molar-refractivity contribution < 1.29 is 0 Å². The summed E-state index contributed by atoms with van der Waals surface area (Å²) in [4.78, 5) is 4.11. The molecular formula is C10H12ClIN2. The summed E-state index contributed by atoms with van der Waals surface area (Å²) in [6, 6.07) is 2.08. The quantitative estimate of drug-likeness (QED) is 0.686. The highest BCUT2D eigenvalue weighted by Crippen LogP contribution is 2.37. The second-order valence-corrected chi connectivity index (χ2v) is 5.42. The SMILES string of the molecule is N[C@H](CC1CC1)c1cc(I)cnc1Cl. The van der Waals surface area contributed by atoms with Crippen LogP contribution in [0.5, 0.6) is 0 Å². The van der Waals surface area contributed by atoms with Crippen molar-refractivity contribution in [1.82, 2.24) is 4.98 Å². The van der Waals surface area contributed by atoms with Crippen LogP contribution in [0.3, 0.4) is 0 Å². The van der Waals surface area contributed by atoms with Crippen molar-refractivity contribution >= 4 is 34.2 Å². The molecule has 1 fully saturated rings. The summed E-state index contributed by atoms with van der Waals surface area (Å²) in [5.41, 5.74) is 7.07. The summed E-state index contributed by atoms with van der Waals surface area (Å²) in [5.74, 6) is 0.818. The number of pyridine rings is 1. The highest BCUT2D eigenvalue weighted by molar-refractivity contribution is 14.1. The van der Waals surface area contributed by atoms with Gasteiger partial charge in [0.1, 0.15) is 5.15 Å². The van der Waals surface area contributed by atoms with Gasteiger partial charge in [-0.3, -0.25) is 0 Å². The van der Waals surface area contributed by atoms with Crippen LogP contribution in [-0.2, 0) is 0 Å². The van der Waals surface area contributed by atoms with E-state index in [1.807, 2.05) is 6.07 Å². The molecule has 1 aliphatic carbocycles. The first-order valence-corrected chi connectivity index (χ1v) is 6.19. The molecule has 0 unspecified atom stereocenters. The largest absolute Gasteiger partial charge is 0.324 e. The highest BCUT2D eigenvalue weighted by Gasteiger charge is 2.25. The summed E-state index contributed by atoms with van der Waals surface area (Å²) >= 11 is 8.23. The minimum atomic E-state index is 0.0530. The molecule has 1 saturated carbocycles. The Morgan fingerprint density at radius 3 is 3.00 bits per heavy atom. The normalized spacial score (nSPS) is 18.2. The van der Waals surface area contributed by atoms with Gasteiger partial charge in [0, 0.05) is 21.4 Å². The van der Waals surface area contributed by atoms with E-state index in [1.165, 1.54) is 12.8 Å². The molecule has 0 bridgehead atoms. The van der Waals surface area contributed by atoms with Crippen molar-refractivity contribution in [1.29, 1.82) is 0 Å². The van der Waals surface area contributed by atoms with Gasteiger partial charge in [0.2, 0.25) is 0 Å². The number of hydrogen-bond acceptors (Lipinski definition) is 2. The molecule has 4 heteroatoms. The number of aromatic nitrogens is 1. The van der Waals surface area contributed by atoms with Gasteiger partial charge in [-0.2, -0.15) is 0 Å². The third kappa shape index (κ3) is 2.58. The molecule has 1 heterocycles. The van der Waals surface area contributed by atoms with Gasteiger partial charge in [0.05, 0.1) is 0 Å². The third-order valence-corrected chi connectivity index (χ3v) is 3.42. The molecule has 14 heavy (non-hydrogen) atoms. The van der Waals surface area contributed by atoms with Crippen molar-refractivity contribution in [2.24, 2.45) is 11.7 Å². The minimum absolute atomic E-state index is 0.0530. The van der Waals surface area contributed by atoms with Gasteiger partial charge in [0.25, 0.3) is 0 Å². The molecule has 1 atom stereocenters. The van der Waals surface area contributed by atoms with Gasteiger partial charge >= 0.3 is 0 Å². The van der Waals surface area contributed by atoms with Gasteiger partial charge in [-0.05, 0) is 41.0 Å². The lowest BCUT2D eigenvalue weighted by Gasteiger charge is -2.12. The van der Waals surface area contributed by atoms with Crippen LogP contribution in [0, 0.1) is 9.49 Å². The minimum Gasteiger partial charge on any atom is -0.324 e. The third-order valence-electron chi connectivity index (χ3n) is 2.52. The van der Waals surface area contributed by atoms with Crippen LogP contribution in [0.2, 0.25) is 5.15 Å². The standard InChI is InChI=1S/C10H12ClIN2/c11-10-8(4-7(12)5-14-10)9(13)3-6-1-2-6/h4-6,9H,1-3,13H2/t9-/m1/s1. The Kier molecular flexibility index (Phi) is 3.29. The van der Waals surface area contributed by atoms with Crippen molar-refractivity contribution in [3.8, 4) is 0 Å². The smallest absolute Gasteiger partial charge is 0.133 e. The maximum Gasteiger partial charge on any atom is 0.133 e. The Hall–Kier alpha value is 0.130. The average Bonchev–Trinajstić information content (AvgIpc) is 2.93. The Labute approximate surface area is 102 Å². The molecule has 0 radical (unpaired) electrons. The summed E-state index contributed by atoms with van der Waals surface area (Å²) in [6.45, 7) is 0. The van der Waals surface area contributed by atoms with E-state index in [2.05, 4.69) is 27.6 Å². The second kappa shape index (κ2) is 4.33. The predicted molar refractivity (Wildman–Crippen MR) is 66.2 cm³/mol. The molecule has 1 aromatic heterocycles. The first-order valence-electron chi connectivity index (χ1n) is 4.73. The van der Waals surface area contributed by atoms with Crippen LogP contribution >= 0.6 is 34.2 Å². The van der Waals surface area contributed by atoms with E-state index >= 15 is 0 Å². The van der Waals surface area contributed by atoms with Crippen LogP contribution in [0.25, 0.3) is 0 Å². The summed E-state index contributed by atoms with van der Waals surface area (Å²) in [5, 5.41) is 0.554. The molecule has 2 rings (SSSR count). The van der Waals surface area contributed by atoms with E-state index < -0.39 is 0 Å². The Morgan fingerprint density at radius 1 is 1.64 bits per heavy atom. The molecule has 0 saturated heterocycles. The fourth-order valence-electron chi connectivity index (χ4n) is 1.54. The maximum absolute atomic E-state index is 6.08. The number of hydrogen-bond donors (Lipinski definition) is 1. The zero-order valence-corrected chi connectivity index (χ0v) is 10.6. The van der Waals surface area contributed by atoms with Crippen molar-refractivity contribution in [3.63, 3.8) is 0 Å². The average molecular weight is 323 g/mol. The lowest BCUT2D eigenvalue weighted by Crippen LogP contribution is -2.12. The first kappa shape index (κ1) is 10.6. The molecule has 0 spiro atoms. The number of nitrogens with zero attached hydrogens (tertiary/aromatic N) is 1. The van der Waals surface area contributed by atoms with Crippen LogP contribution < -0.4 is 5.73 Å². The van der Waals surface area contributed by atoms with Crippen LogP contribution in [0.15, 0.2) is 12.3 Å². The fraction of sp³-hybridized carbons (Fsp3) is 0.500. The zero-order chi connectivity index (χ0) is 10.1.